The molecule has 0 radical (unpaired) electrons. The topological polar surface area (TPSA) is 30.7 Å². The zero-order valence-corrected chi connectivity index (χ0v) is 21.6. The fourth-order valence-electron chi connectivity index (χ4n) is 5.09. The molecule has 8 rings (SSSR count). The van der Waals surface area contributed by atoms with Gasteiger partial charge in [-0.15, -0.1) is 11.3 Å². The van der Waals surface area contributed by atoms with Gasteiger partial charge in [-0.2, -0.15) is 0 Å². The lowest BCUT2D eigenvalue weighted by Crippen LogP contribution is -2.00. The summed E-state index contributed by atoms with van der Waals surface area (Å²) >= 11 is 1.48. The summed E-state index contributed by atoms with van der Waals surface area (Å²) in [5.41, 5.74) is 2.94. The third-order valence-electron chi connectivity index (χ3n) is 6.88. The Labute approximate surface area is 248 Å². The highest BCUT2D eigenvalue weighted by Gasteiger charge is 2.20. The van der Waals surface area contributed by atoms with Crippen LogP contribution in [0.4, 0.5) is 0 Å². The smallest absolute Gasteiger partial charge is 0.147 e. The van der Waals surface area contributed by atoms with Gasteiger partial charge in [-0.1, -0.05) is 103 Å². The molecular formula is C36H23N3S. The van der Waals surface area contributed by atoms with E-state index in [-0.39, 0.29) is 16.8 Å². The van der Waals surface area contributed by atoms with Crippen LogP contribution < -0.4 is 0 Å². The first kappa shape index (κ1) is 15.5. The van der Waals surface area contributed by atoms with E-state index in [1.807, 2.05) is 66.7 Å². The molecule has 40 heavy (non-hydrogen) atoms. The quantitative estimate of drug-likeness (QED) is 0.223. The third kappa shape index (κ3) is 3.65. The monoisotopic (exact) mass is 538 g/mol. The number of para-hydroxylation sites is 3. The molecule has 0 saturated heterocycles. The molecule has 0 N–H and O–H groups in total. The number of hydrogen-bond acceptors (Lipinski definition) is 3. The van der Waals surface area contributed by atoms with E-state index in [1.54, 1.807) is 22.8 Å². The highest BCUT2D eigenvalue weighted by molar-refractivity contribution is 7.26. The van der Waals surface area contributed by atoms with Crippen LogP contribution in [0.3, 0.4) is 0 Å². The number of hydrogen-bond donors (Lipinski definition) is 0. The van der Waals surface area contributed by atoms with E-state index < -0.39 is 54.4 Å². The Morgan fingerprint density at radius 1 is 0.600 bits per heavy atom. The normalized spacial score (nSPS) is 14.7. The molecule has 3 nitrogen and oxygen atoms in total. The molecule has 8 aromatic rings. The van der Waals surface area contributed by atoms with E-state index in [4.69, 9.17) is 20.9 Å². The predicted octanol–water partition coefficient (Wildman–Crippen LogP) is 9.79. The molecule has 3 aromatic heterocycles. The molecule has 0 atom stereocenters. The van der Waals surface area contributed by atoms with Gasteiger partial charge in [0.15, 0.2) is 0 Å². The zero-order chi connectivity index (χ0) is 34.3. The number of thiophene rings is 1. The summed E-state index contributed by atoms with van der Waals surface area (Å²) in [7, 11) is 0. The maximum absolute atomic E-state index is 9.18. The molecule has 3 heterocycles. The lowest BCUT2D eigenvalue weighted by atomic mass is 10.0. The Kier molecular flexibility index (Phi) is 3.60. The molecule has 0 saturated carbocycles. The van der Waals surface area contributed by atoms with Gasteiger partial charge in [-0.25, -0.2) is 9.97 Å². The average molecular weight is 539 g/mol. The van der Waals surface area contributed by atoms with Crippen LogP contribution in [0.2, 0.25) is 0 Å². The molecule has 4 heteroatoms. The Balaban J connectivity index is 1.48. The maximum Gasteiger partial charge on any atom is 0.147 e. The number of benzene rings is 5. The van der Waals surface area contributed by atoms with Crippen molar-refractivity contribution in [3.8, 4) is 39.5 Å². The summed E-state index contributed by atoms with van der Waals surface area (Å²) in [5.74, 6) is 0.361. The van der Waals surface area contributed by atoms with Crippen LogP contribution in [-0.4, -0.2) is 14.5 Å². The maximum atomic E-state index is 9.18. The Hall–Kier alpha value is -5.06. The molecule has 0 aliphatic carbocycles. The molecule has 0 bridgehead atoms. The molecule has 0 spiro atoms. The first-order valence-corrected chi connectivity index (χ1v) is 13.4. The standard InChI is InChI=1S/C36H23N3S/c1-3-12-24(13-4-1)26-16-7-9-20-32(26)39-33-21-10-8-19-31(33)37-35(39)29-18-11-17-27-28-22-23-30(25-14-5-2-6-15-25)38-36(28)40-34(27)29/h1-23H/i1D,3D,4D,7D,9D,12D,13D,16D,20D. The summed E-state index contributed by atoms with van der Waals surface area (Å²) in [4.78, 5) is 10.8. The van der Waals surface area contributed by atoms with Gasteiger partial charge in [0.25, 0.3) is 0 Å². The van der Waals surface area contributed by atoms with Crippen LogP contribution in [0, 0.1) is 0 Å². The lowest BCUT2D eigenvalue weighted by Gasteiger charge is -2.15. The van der Waals surface area contributed by atoms with Crippen molar-refractivity contribution in [2.45, 2.75) is 0 Å². The van der Waals surface area contributed by atoms with E-state index in [2.05, 4.69) is 0 Å². The van der Waals surface area contributed by atoms with Crippen LogP contribution in [-0.2, 0) is 0 Å². The fraction of sp³-hybridized carbons (Fsp3) is 0. The minimum absolute atomic E-state index is 0.0733. The summed E-state index contributed by atoms with van der Waals surface area (Å²) in [5, 5.41) is 1.88. The van der Waals surface area contributed by atoms with Crippen LogP contribution in [0.1, 0.15) is 12.3 Å². The number of nitrogens with zero attached hydrogens (tertiary/aromatic N) is 3. The average Bonchev–Trinajstić information content (AvgIpc) is 3.70. The largest absolute Gasteiger partial charge is 0.292 e. The number of fused-ring (bicyclic) bond motifs is 4. The highest BCUT2D eigenvalue weighted by atomic mass is 32.1. The molecule has 0 aliphatic rings. The minimum Gasteiger partial charge on any atom is -0.292 e. The van der Waals surface area contributed by atoms with Gasteiger partial charge in [0.1, 0.15) is 10.7 Å². The van der Waals surface area contributed by atoms with Crippen molar-refractivity contribution in [2.75, 3.05) is 0 Å². The molecule has 0 amide bonds. The van der Waals surface area contributed by atoms with Gasteiger partial charge in [0.05, 0.1) is 34.8 Å². The Morgan fingerprint density at radius 3 is 2.30 bits per heavy atom. The van der Waals surface area contributed by atoms with Gasteiger partial charge < -0.3 is 0 Å². The molecule has 0 aliphatic heterocycles. The summed E-state index contributed by atoms with van der Waals surface area (Å²) in [6, 6.07) is 21.8. The van der Waals surface area contributed by atoms with E-state index in [9.17, 15) is 1.37 Å². The molecule has 0 unspecified atom stereocenters. The highest BCUT2D eigenvalue weighted by Crippen LogP contribution is 2.42. The third-order valence-corrected chi connectivity index (χ3v) is 8.03. The summed E-state index contributed by atoms with van der Waals surface area (Å²) < 4.78 is 80.2. The molecule has 188 valence electrons. The van der Waals surface area contributed by atoms with E-state index in [1.165, 1.54) is 11.3 Å². The van der Waals surface area contributed by atoms with Crippen molar-refractivity contribution in [1.82, 2.24) is 14.5 Å². The van der Waals surface area contributed by atoms with Crippen LogP contribution >= 0.6 is 11.3 Å². The van der Waals surface area contributed by atoms with Gasteiger partial charge in [-0.3, -0.25) is 4.57 Å². The SMILES string of the molecule is [2H]c1c([2H])c([2H])c(-c2c([2H])c([2H])c([2H])c([2H])c2-n2c(-c3cccc4c3sc3nc(-c5ccccc5)ccc34)nc3ccccc32)c([2H])c1[2H]. The fourth-order valence-corrected chi connectivity index (χ4v) is 6.27. The van der Waals surface area contributed by atoms with E-state index in [0.717, 1.165) is 31.6 Å². The number of aromatic nitrogens is 3. The van der Waals surface area contributed by atoms with Crippen molar-refractivity contribution in [1.29, 1.82) is 0 Å². The zero-order valence-electron chi connectivity index (χ0n) is 29.8. The first-order valence-electron chi connectivity index (χ1n) is 17.1. The number of imidazole rings is 1. The van der Waals surface area contributed by atoms with Gasteiger partial charge in [0, 0.05) is 32.2 Å². The van der Waals surface area contributed by atoms with Crippen LogP contribution in [0.15, 0.2) is 139 Å². The Morgan fingerprint density at radius 2 is 1.40 bits per heavy atom. The van der Waals surface area contributed by atoms with Crippen molar-refractivity contribution >= 4 is 42.7 Å². The van der Waals surface area contributed by atoms with Crippen molar-refractivity contribution < 1.29 is 12.3 Å². The Bertz CT molecular complexity index is 2640. The van der Waals surface area contributed by atoms with Crippen molar-refractivity contribution in [2.24, 2.45) is 0 Å². The minimum atomic E-state index is -0.609. The molecular weight excluding hydrogens is 506 g/mol. The first-order chi connectivity index (χ1) is 23.6. The summed E-state index contributed by atoms with van der Waals surface area (Å²) in [6.07, 6.45) is 0. The second-order valence-corrected chi connectivity index (χ2v) is 10.2. The number of rotatable bonds is 4. The van der Waals surface area contributed by atoms with Crippen LogP contribution in [0.5, 0.6) is 0 Å². The van der Waals surface area contributed by atoms with Gasteiger partial charge in [-0.05, 0) is 41.9 Å². The van der Waals surface area contributed by atoms with Gasteiger partial charge >= 0.3 is 0 Å². The van der Waals surface area contributed by atoms with Crippen LogP contribution in [0.25, 0.3) is 70.8 Å². The summed E-state index contributed by atoms with van der Waals surface area (Å²) in [6.45, 7) is 0. The lowest BCUT2D eigenvalue weighted by molar-refractivity contribution is 1.11. The van der Waals surface area contributed by atoms with Gasteiger partial charge in [0.2, 0.25) is 0 Å². The predicted molar refractivity (Wildman–Crippen MR) is 168 cm³/mol. The van der Waals surface area contributed by atoms with E-state index >= 15 is 0 Å². The second-order valence-electron chi connectivity index (χ2n) is 9.18. The van der Waals surface area contributed by atoms with E-state index in [0.29, 0.717) is 22.4 Å². The van der Waals surface area contributed by atoms with Crippen molar-refractivity contribution in [3.05, 3.63) is 139 Å². The molecule has 5 aromatic carbocycles. The molecule has 0 fully saturated rings. The number of pyridine rings is 1. The van der Waals surface area contributed by atoms with Crippen molar-refractivity contribution in [3.63, 3.8) is 0 Å². The second kappa shape index (κ2) is 9.30.